The van der Waals surface area contributed by atoms with E-state index < -0.39 is 11.6 Å². The number of hydrogen-bond acceptors (Lipinski definition) is 2. The lowest BCUT2D eigenvalue weighted by atomic mass is 10.1. The summed E-state index contributed by atoms with van der Waals surface area (Å²) in [4.78, 5) is 0. The molecule has 0 saturated carbocycles. The second-order valence-corrected chi connectivity index (χ2v) is 5.36. The Labute approximate surface area is 127 Å². The lowest BCUT2D eigenvalue weighted by Gasteiger charge is -2.11. The highest BCUT2D eigenvalue weighted by atomic mass is 35.5. The van der Waals surface area contributed by atoms with E-state index >= 15 is 0 Å². The van der Waals surface area contributed by atoms with Crippen LogP contribution in [0.2, 0.25) is 5.02 Å². The molecule has 0 aliphatic carbocycles. The smallest absolute Gasteiger partial charge is 0.142 e. The molecule has 2 N–H and O–H groups in total. The lowest BCUT2D eigenvalue weighted by molar-refractivity contribution is 0.303. The van der Waals surface area contributed by atoms with Gasteiger partial charge in [-0.15, -0.1) is 0 Å². The van der Waals surface area contributed by atoms with Crippen LogP contribution in [0.15, 0.2) is 36.4 Å². The Morgan fingerprint density at radius 1 is 1.24 bits per heavy atom. The maximum absolute atomic E-state index is 13.5. The summed E-state index contributed by atoms with van der Waals surface area (Å²) in [6, 6.07) is 8.83. The normalized spacial score (nSPS) is 12.2. The molecule has 0 aliphatic heterocycles. The molecule has 2 nitrogen and oxygen atoms in total. The van der Waals surface area contributed by atoms with Crippen LogP contribution in [0.1, 0.15) is 18.1 Å². The van der Waals surface area contributed by atoms with E-state index in [1.165, 1.54) is 18.2 Å². The summed E-state index contributed by atoms with van der Waals surface area (Å²) in [6.07, 6.45) is 0.550. The molecular weight excluding hydrogens is 296 g/mol. The van der Waals surface area contributed by atoms with Crippen LogP contribution < -0.4 is 10.5 Å². The van der Waals surface area contributed by atoms with E-state index in [0.717, 1.165) is 5.56 Å². The van der Waals surface area contributed by atoms with E-state index in [0.29, 0.717) is 17.7 Å². The SMILES string of the molecule is CC(N)Cc1cc(F)cc(OCc2cccc(F)c2Cl)c1. The van der Waals surface area contributed by atoms with Crippen LogP contribution in [0.25, 0.3) is 0 Å². The van der Waals surface area contributed by atoms with E-state index in [2.05, 4.69) is 0 Å². The summed E-state index contributed by atoms with van der Waals surface area (Å²) < 4.78 is 32.4. The Morgan fingerprint density at radius 3 is 2.71 bits per heavy atom. The van der Waals surface area contributed by atoms with Crippen LogP contribution in [-0.2, 0) is 13.0 Å². The van der Waals surface area contributed by atoms with Gasteiger partial charge in [0.05, 0.1) is 5.02 Å². The summed E-state index contributed by atoms with van der Waals surface area (Å²) in [5.41, 5.74) is 6.97. The Bertz CT molecular complexity index is 632. The van der Waals surface area contributed by atoms with Crippen molar-refractivity contribution in [1.29, 1.82) is 0 Å². The highest BCUT2D eigenvalue weighted by Gasteiger charge is 2.08. The fourth-order valence-electron chi connectivity index (χ4n) is 2.01. The Kier molecular flexibility index (Phi) is 5.15. The number of rotatable bonds is 5. The predicted octanol–water partition coefficient (Wildman–Crippen LogP) is 4.09. The van der Waals surface area contributed by atoms with Crippen molar-refractivity contribution < 1.29 is 13.5 Å². The molecule has 1 atom stereocenters. The summed E-state index contributed by atoms with van der Waals surface area (Å²) in [6.45, 7) is 1.91. The molecule has 112 valence electrons. The van der Waals surface area contributed by atoms with Crippen LogP contribution in [-0.4, -0.2) is 6.04 Å². The van der Waals surface area contributed by atoms with E-state index in [4.69, 9.17) is 22.1 Å². The topological polar surface area (TPSA) is 35.2 Å². The minimum Gasteiger partial charge on any atom is -0.489 e. The first-order valence-corrected chi connectivity index (χ1v) is 6.94. The highest BCUT2D eigenvalue weighted by Crippen LogP contribution is 2.23. The van der Waals surface area contributed by atoms with Gasteiger partial charge in [0.15, 0.2) is 0 Å². The highest BCUT2D eigenvalue weighted by molar-refractivity contribution is 6.31. The maximum atomic E-state index is 13.5. The molecule has 0 bridgehead atoms. The van der Waals surface area contributed by atoms with Crippen molar-refractivity contribution in [2.75, 3.05) is 0 Å². The third-order valence-corrected chi connectivity index (χ3v) is 3.34. The first kappa shape index (κ1) is 15.7. The summed E-state index contributed by atoms with van der Waals surface area (Å²) >= 11 is 5.85. The van der Waals surface area contributed by atoms with Crippen molar-refractivity contribution in [1.82, 2.24) is 0 Å². The lowest BCUT2D eigenvalue weighted by Crippen LogP contribution is -2.17. The molecule has 0 fully saturated rings. The molecule has 0 saturated heterocycles. The van der Waals surface area contributed by atoms with Crippen LogP contribution >= 0.6 is 11.6 Å². The van der Waals surface area contributed by atoms with Gasteiger partial charge in [0.1, 0.15) is 24.0 Å². The molecule has 2 rings (SSSR count). The standard InChI is InChI=1S/C16H16ClF2NO/c1-10(20)5-11-6-13(18)8-14(7-11)21-9-12-3-2-4-15(19)16(12)17/h2-4,6-8,10H,5,9,20H2,1H3. The number of benzene rings is 2. The second kappa shape index (κ2) is 6.87. The van der Waals surface area contributed by atoms with Crippen LogP contribution in [0.5, 0.6) is 5.75 Å². The van der Waals surface area contributed by atoms with Crippen molar-refractivity contribution in [3.8, 4) is 5.75 Å². The summed E-state index contributed by atoms with van der Waals surface area (Å²) in [5, 5.41) is 0.0182. The second-order valence-electron chi connectivity index (χ2n) is 4.98. The molecule has 21 heavy (non-hydrogen) atoms. The molecular formula is C16H16ClF2NO. The number of ether oxygens (including phenoxy) is 1. The van der Waals surface area contributed by atoms with Gasteiger partial charge in [-0.25, -0.2) is 8.78 Å². The average Bonchev–Trinajstić information content (AvgIpc) is 2.39. The first-order chi connectivity index (χ1) is 9.95. The molecule has 0 amide bonds. The minimum atomic E-state index is -0.505. The fourth-order valence-corrected chi connectivity index (χ4v) is 2.20. The van der Waals surface area contributed by atoms with E-state index in [9.17, 15) is 8.78 Å². The summed E-state index contributed by atoms with van der Waals surface area (Å²) in [5.74, 6) is -0.533. The van der Waals surface area contributed by atoms with Gasteiger partial charge >= 0.3 is 0 Å². The Balaban J connectivity index is 2.12. The molecule has 1 unspecified atom stereocenters. The van der Waals surface area contributed by atoms with Gasteiger partial charge in [0.25, 0.3) is 0 Å². The van der Waals surface area contributed by atoms with Crippen LogP contribution in [0.3, 0.4) is 0 Å². The van der Waals surface area contributed by atoms with E-state index in [1.807, 2.05) is 6.92 Å². The third-order valence-electron chi connectivity index (χ3n) is 2.91. The van der Waals surface area contributed by atoms with E-state index in [-0.39, 0.29) is 17.7 Å². The van der Waals surface area contributed by atoms with Gasteiger partial charge in [-0.05, 0) is 37.1 Å². The average molecular weight is 312 g/mol. The van der Waals surface area contributed by atoms with Crippen molar-refractivity contribution in [2.24, 2.45) is 5.73 Å². The van der Waals surface area contributed by atoms with E-state index in [1.54, 1.807) is 18.2 Å². The number of nitrogens with two attached hydrogens (primary N) is 1. The van der Waals surface area contributed by atoms with Crippen molar-refractivity contribution in [3.63, 3.8) is 0 Å². The van der Waals surface area contributed by atoms with Crippen LogP contribution in [0.4, 0.5) is 8.78 Å². The maximum Gasteiger partial charge on any atom is 0.142 e. The first-order valence-electron chi connectivity index (χ1n) is 6.56. The monoisotopic (exact) mass is 311 g/mol. The summed E-state index contributed by atoms with van der Waals surface area (Å²) in [7, 11) is 0. The molecule has 2 aromatic rings. The Hall–Kier alpha value is -1.65. The number of halogens is 3. The molecule has 0 spiro atoms. The van der Waals surface area contributed by atoms with Gasteiger partial charge in [0, 0.05) is 17.7 Å². The molecule has 0 aliphatic rings. The van der Waals surface area contributed by atoms with Gasteiger partial charge < -0.3 is 10.5 Å². The molecule has 0 radical (unpaired) electrons. The van der Waals surface area contributed by atoms with Crippen LogP contribution in [0, 0.1) is 11.6 Å². The predicted molar refractivity (Wildman–Crippen MR) is 79.5 cm³/mol. The quantitative estimate of drug-likeness (QED) is 0.902. The zero-order chi connectivity index (χ0) is 15.4. The molecule has 5 heteroatoms. The zero-order valence-corrected chi connectivity index (χ0v) is 12.3. The zero-order valence-electron chi connectivity index (χ0n) is 11.6. The molecule has 0 heterocycles. The minimum absolute atomic E-state index is 0.0182. The molecule has 2 aromatic carbocycles. The largest absolute Gasteiger partial charge is 0.489 e. The van der Waals surface area contributed by atoms with Gasteiger partial charge in [-0.1, -0.05) is 23.7 Å². The van der Waals surface area contributed by atoms with Crippen molar-refractivity contribution in [3.05, 3.63) is 64.2 Å². The van der Waals surface area contributed by atoms with Gasteiger partial charge in [-0.3, -0.25) is 0 Å². The number of hydrogen-bond donors (Lipinski definition) is 1. The van der Waals surface area contributed by atoms with Gasteiger partial charge in [-0.2, -0.15) is 0 Å². The van der Waals surface area contributed by atoms with Gasteiger partial charge in [0.2, 0.25) is 0 Å². The fraction of sp³-hybridized carbons (Fsp3) is 0.250. The van der Waals surface area contributed by atoms with Crippen molar-refractivity contribution in [2.45, 2.75) is 26.0 Å². The van der Waals surface area contributed by atoms with Crippen molar-refractivity contribution >= 4 is 11.6 Å². The third kappa shape index (κ3) is 4.41. The Morgan fingerprint density at radius 2 is 2.00 bits per heavy atom. The molecule has 0 aromatic heterocycles.